The molecule has 0 saturated carbocycles. The Labute approximate surface area is 246 Å². The summed E-state index contributed by atoms with van der Waals surface area (Å²) in [5.41, 5.74) is 6.78. The number of amides is 1. The van der Waals surface area contributed by atoms with E-state index in [1.54, 1.807) is 56.3 Å². The lowest BCUT2D eigenvalue weighted by molar-refractivity contribution is -0.274. The van der Waals surface area contributed by atoms with Gasteiger partial charge in [0.25, 0.3) is 0 Å². The molecule has 2 heterocycles. The summed E-state index contributed by atoms with van der Waals surface area (Å²) in [4.78, 5) is 15.8. The molecule has 0 atom stereocenters. The number of benzene rings is 3. The molecule has 44 heavy (non-hydrogen) atoms. The Morgan fingerprint density at radius 3 is 2.14 bits per heavy atom. The van der Waals surface area contributed by atoms with Crippen LogP contribution in [0.3, 0.4) is 0 Å². The van der Waals surface area contributed by atoms with Crippen LogP contribution >= 0.6 is 0 Å². The van der Waals surface area contributed by atoms with Gasteiger partial charge in [0.15, 0.2) is 5.69 Å². The van der Waals surface area contributed by atoms with Gasteiger partial charge in [0.05, 0.1) is 28.7 Å². The summed E-state index contributed by atoms with van der Waals surface area (Å²) in [5, 5.41) is 8.14. The number of ether oxygens (including phenoxy) is 1. The molecule has 0 aliphatic carbocycles. The second-order valence-electron chi connectivity index (χ2n) is 10.4. The second-order valence-corrected chi connectivity index (χ2v) is 10.4. The lowest BCUT2D eigenvalue weighted by Crippen LogP contribution is -2.35. The number of carbonyl (C=O) groups is 1. The maximum Gasteiger partial charge on any atom is 0.573 e. The van der Waals surface area contributed by atoms with E-state index in [1.807, 2.05) is 0 Å². The van der Waals surface area contributed by atoms with Crippen molar-refractivity contribution in [2.45, 2.75) is 38.7 Å². The van der Waals surface area contributed by atoms with Gasteiger partial charge in [-0.2, -0.15) is 13.2 Å². The SMILES string of the molecule is Cc1nc(C(F)(F)F)cn1-c1ccc(-c2cccc(C(C)(C)C(N)=O)c2)cc1-n1nncc1-c1ccc(OC(F)(F)F)cc1. The summed E-state index contributed by atoms with van der Waals surface area (Å²) >= 11 is 0. The van der Waals surface area contributed by atoms with Crippen molar-refractivity contribution in [3.63, 3.8) is 0 Å². The van der Waals surface area contributed by atoms with E-state index >= 15 is 0 Å². The summed E-state index contributed by atoms with van der Waals surface area (Å²) in [6.45, 7) is 4.80. The number of nitrogens with zero attached hydrogens (tertiary/aromatic N) is 5. The fourth-order valence-electron chi connectivity index (χ4n) is 4.60. The maximum atomic E-state index is 13.6. The van der Waals surface area contributed by atoms with Gasteiger partial charge in [-0.1, -0.05) is 35.5 Å². The van der Waals surface area contributed by atoms with E-state index in [0.717, 1.165) is 18.3 Å². The van der Waals surface area contributed by atoms with Gasteiger partial charge in [-0.05, 0) is 73.9 Å². The Bertz CT molecular complexity index is 1840. The number of carbonyl (C=O) groups excluding carboxylic acids is 1. The smallest absolute Gasteiger partial charge is 0.406 e. The highest BCUT2D eigenvalue weighted by atomic mass is 19.4. The van der Waals surface area contributed by atoms with Crippen molar-refractivity contribution in [2.75, 3.05) is 0 Å². The van der Waals surface area contributed by atoms with E-state index in [4.69, 9.17) is 5.73 Å². The second kappa shape index (κ2) is 10.8. The highest BCUT2D eigenvalue weighted by molar-refractivity contribution is 5.86. The summed E-state index contributed by atoms with van der Waals surface area (Å²) in [7, 11) is 0. The zero-order chi connectivity index (χ0) is 32.0. The number of alkyl halides is 6. The first kappa shape index (κ1) is 30.3. The monoisotopic (exact) mass is 614 g/mol. The summed E-state index contributed by atoms with van der Waals surface area (Å²) in [5.74, 6) is -0.914. The minimum atomic E-state index is -4.87. The predicted octanol–water partition coefficient (Wildman–Crippen LogP) is 6.78. The number of rotatable bonds is 7. The first-order valence-corrected chi connectivity index (χ1v) is 13.0. The van der Waals surface area contributed by atoms with Gasteiger partial charge in [0.1, 0.15) is 11.6 Å². The van der Waals surface area contributed by atoms with Crippen LogP contribution in [0.2, 0.25) is 0 Å². The van der Waals surface area contributed by atoms with E-state index < -0.39 is 35.3 Å². The minimum absolute atomic E-state index is 0.0480. The number of primary amides is 1. The third kappa shape index (κ3) is 6.00. The molecule has 0 fully saturated rings. The predicted molar refractivity (Wildman–Crippen MR) is 148 cm³/mol. The third-order valence-corrected chi connectivity index (χ3v) is 7.10. The van der Waals surface area contributed by atoms with Crippen LogP contribution in [0, 0.1) is 6.92 Å². The maximum absolute atomic E-state index is 13.6. The molecule has 0 spiro atoms. The molecule has 0 saturated heterocycles. The Morgan fingerprint density at radius 1 is 0.864 bits per heavy atom. The summed E-state index contributed by atoms with van der Waals surface area (Å²) < 4.78 is 85.3. The third-order valence-electron chi connectivity index (χ3n) is 7.10. The number of halogens is 6. The first-order chi connectivity index (χ1) is 20.5. The van der Waals surface area contributed by atoms with Crippen LogP contribution in [0.1, 0.15) is 30.9 Å². The van der Waals surface area contributed by atoms with Crippen LogP contribution in [-0.4, -0.2) is 36.8 Å². The van der Waals surface area contributed by atoms with Gasteiger partial charge in [-0.15, -0.1) is 18.3 Å². The van der Waals surface area contributed by atoms with Crippen molar-refractivity contribution in [1.29, 1.82) is 0 Å². The van der Waals surface area contributed by atoms with Gasteiger partial charge in [-0.3, -0.25) is 4.79 Å². The van der Waals surface area contributed by atoms with Crippen LogP contribution in [0.15, 0.2) is 79.1 Å². The average Bonchev–Trinajstić information content (AvgIpc) is 3.59. The number of nitrogens with two attached hydrogens (primary N) is 1. The highest BCUT2D eigenvalue weighted by Crippen LogP contribution is 2.35. The van der Waals surface area contributed by atoms with Gasteiger partial charge in [0, 0.05) is 11.8 Å². The molecule has 5 aromatic rings. The number of aromatic nitrogens is 5. The van der Waals surface area contributed by atoms with Crippen molar-refractivity contribution in [3.05, 3.63) is 96.2 Å². The Balaban J connectivity index is 1.68. The van der Waals surface area contributed by atoms with Crippen LogP contribution in [0.25, 0.3) is 33.8 Å². The molecule has 2 N–H and O–H groups in total. The normalized spacial score (nSPS) is 12.4. The zero-order valence-corrected chi connectivity index (χ0v) is 23.4. The molecule has 1 amide bonds. The van der Waals surface area contributed by atoms with Gasteiger partial charge in [-0.25, -0.2) is 9.67 Å². The van der Waals surface area contributed by atoms with Crippen molar-refractivity contribution in [2.24, 2.45) is 5.73 Å². The molecular formula is C30H24F6N6O2. The number of hydrogen-bond donors (Lipinski definition) is 1. The molecule has 0 unspecified atom stereocenters. The molecular weight excluding hydrogens is 590 g/mol. The van der Waals surface area contributed by atoms with Crippen LogP contribution in [0.5, 0.6) is 5.75 Å². The largest absolute Gasteiger partial charge is 0.573 e. The van der Waals surface area contributed by atoms with Crippen molar-refractivity contribution < 1.29 is 35.9 Å². The fraction of sp³-hybridized carbons (Fsp3) is 0.200. The Morgan fingerprint density at radius 2 is 1.52 bits per heavy atom. The van der Waals surface area contributed by atoms with Crippen molar-refractivity contribution in [3.8, 4) is 39.5 Å². The Hall–Kier alpha value is -5.14. The van der Waals surface area contributed by atoms with E-state index in [2.05, 4.69) is 20.0 Å². The highest BCUT2D eigenvalue weighted by Gasteiger charge is 2.35. The summed E-state index contributed by atoms with van der Waals surface area (Å²) in [6.07, 6.45) is -7.33. The van der Waals surface area contributed by atoms with Gasteiger partial charge in [0.2, 0.25) is 5.91 Å². The fourth-order valence-corrected chi connectivity index (χ4v) is 4.60. The van der Waals surface area contributed by atoms with Crippen LogP contribution in [-0.2, 0) is 16.4 Å². The Kier molecular flexibility index (Phi) is 7.48. The number of aryl methyl sites for hydroxylation is 1. The standard InChI is InChI=1S/C30H24F6N6O2/c1-17-39-26(29(31,32)33)16-41(17)23-12-9-20(19-5-4-6-21(13-19)28(2,3)27(37)43)14-24(23)42-25(15-38-40-42)18-7-10-22(11-8-18)44-30(34,35)36/h4-16H,1-3H3,(H2,37,43). The lowest BCUT2D eigenvalue weighted by Gasteiger charge is -2.22. The zero-order valence-electron chi connectivity index (χ0n) is 23.4. The molecule has 8 nitrogen and oxygen atoms in total. The minimum Gasteiger partial charge on any atom is -0.406 e. The van der Waals surface area contributed by atoms with Gasteiger partial charge < -0.3 is 15.0 Å². The number of hydrogen-bond acceptors (Lipinski definition) is 5. The summed E-state index contributed by atoms with van der Waals surface area (Å²) in [6, 6.07) is 17.1. The average molecular weight is 615 g/mol. The molecule has 228 valence electrons. The van der Waals surface area contributed by atoms with E-state index in [-0.39, 0.29) is 11.5 Å². The van der Waals surface area contributed by atoms with Gasteiger partial charge >= 0.3 is 12.5 Å². The number of imidazole rings is 1. The van der Waals surface area contributed by atoms with Crippen LogP contribution in [0.4, 0.5) is 26.3 Å². The topological polar surface area (TPSA) is 101 Å². The first-order valence-electron chi connectivity index (χ1n) is 13.0. The molecule has 14 heteroatoms. The van der Waals surface area contributed by atoms with Crippen LogP contribution < -0.4 is 10.5 Å². The molecule has 3 aromatic carbocycles. The lowest BCUT2D eigenvalue weighted by atomic mass is 9.82. The molecule has 0 radical (unpaired) electrons. The molecule has 0 aliphatic rings. The molecule has 2 aromatic heterocycles. The van der Waals surface area contributed by atoms with E-state index in [1.165, 1.54) is 34.5 Å². The molecule has 0 bridgehead atoms. The molecule has 5 rings (SSSR count). The van der Waals surface area contributed by atoms with Crippen molar-refractivity contribution in [1.82, 2.24) is 24.5 Å². The molecule has 0 aliphatic heterocycles. The van der Waals surface area contributed by atoms with E-state index in [0.29, 0.717) is 33.6 Å². The van der Waals surface area contributed by atoms with E-state index in [9.17, 15) is 31.1 Å². The van der Waals surface area contributed by atoms with Crippen molar-refractivity contribution >= 4 is 5.91 Å². The quantitative estimate of drug-likeness (QED) is 0.204.